The van der Waals surface area contributed by atoms with E-state index in [0.717, 1.165) is 42.5 Å². The van der Waals surface area contributed by atoms with E-state index in [0.29, 0.717) is 19.0 Å². The molecule has 37 heavy (non-hydrogen) atoms. The summed E-state index contributed by atoms with van der Waals surface area (Å²) in [4.78, 5) is 2.43. The molecular formula is C29H27F6NO. The summed E-state index contributed by atoms with van der Waals surface area (Å²) in [5, 5.41) is 0. The molecule has 0 N–H and O–H groups in total. The maximum Gasteiger partial charge on any atom is 0.416 e. The van der Waals surface area contributed by atoms with Gasteiger partial charge in [-0.2, -0.15) is 26.3 Å². The molecule has 2 saturated heterocycles. The summed E-state index contributed by atoms with van der Waals surface area (Å²) in [5.41, 5.74) is -1.11. The van der Waals surface area contributed by atoms with Crippen molar-refractivity contribution < 1.29 is 31.1 Å². The molecule has 5 rings (SSSR count). The van der Waals surface area contributed by atoms with E-state index in [1.54, 1.807) is 0 Å². The summed E-state index contributed by atoms with van der Waals surface area (Å²) < 4.78 is 86.6. The van der Waals surface area contributed by atoms with Crippen LogP contribution in [0.3, 0.4) is 0 Å². The Hall–Kier alpha value is -2.84. The molecule has 2 nitrogen and oxygen atoms in total. The van der Waals surface area contributed by atoms with Gasteiger partial charge in [0.1, 0.15) is 0 Å². The predicted octanol–water partition coefficient (Wildman–Crippen LogP) is 7.96. The van der Waals surface area contributed by atoms with Gasteiger partial charge < -0.3 is 4.74 Å². The minimum atomic E-state index is -4.89. The lowest BCUT2D eigenvalue weighted by molar-refractivity contribution is -0.143. The first-order valence-corrected chi connectivity index (χ1v) is 12.3. The molecule has 196 valence electrons. The highest BCUT2D eigenvalue weighted by molar-refractivity contribution is 5.34. The van der Waals surface area contributed by atoms with E-state index in [4.69, 9.17) is 4.74 Å². The molecular weight excluding hydrogens is 492 g/mol. The SMILES string of the molecule is FC(F)(F)c1cc(COC2CCC3CCC2(c2ccccc2)N3Cc2ccccc2)cc(C(F)(F)F)c1. The van der Waals surface area contributed by atoms with Crippen LogP contribution < -0.4 is 0 Å². The molecule has 8 heteroatoms. The normalized spacial score (nSPS) is 24.4. The average molecular weight is 520 g/mol. The molecule has 0 amide bonds. The summed E-state index contributed by atoms with van der Waals surface area (Å²) in [5.74, 6) is 0. The molecule has 0 aliphatic carbocycles. The third kappa shape index (κ3) is 5.14. The highest BCUT2D eigenvalue weighted by Crippen LogP contribution is 2.52. The van der Waals surface area contributed by atoms with Gasteiger partial charge in [-0.1, -0.05) is 60.7 Å². The first-order valence-electron chi connectivity index (χ1n) is 12.3. The van der Waals surface area contributed by atoms with Gasteiger partial charge in [0.25, 0.3) is 0 Å². The molecule has 2 aliphatic rings. The second kappa shape index (κ2) is 9.80. The minimum Gasteiger partial charge on any atom is -0.371 e. The first-order chi connectivity index (χ1) is 17.6. The summed E-state index contributed by atoms with van der Waals surface area (Å²) >= 11 is 0. The van der Waals surface area contributed by atoms with Gasteiger partial charge in [-0.05, 0) is 60.6 Å². The number of rotatable bonds is 6. The smallest absolute Gasteiger partial charge is 0.371 e. The third-order valence-corrected chi connectivity index (χ3v) is 7.67. The number of hydrogen-bond acceptors (Lipinski definition) is 2. The molecule has 3 aromatic rings. The number of piperidine rings is 1. The van der Waals surface area contributed by atoms with Crippen molar-refractivity contribution in [2.24, 2.45) is 0 Å². The van der Waals surface area contributed by atoms with Gasteiger partial charge in [0.15, 0.2) is 0 Å². The van der Waals surface area contributed by atoms with Crippen LogP contribution in [0.15, 0.2) is 78.9 Å². The molecule has 0 aromatic heterocycles. The van der Waals surface area contributed by atoms with E-state index >= 15 is 0 Å². The molecule has 2 heterocycles. The van der Waals surface area contributed by atoms with Crippen LogP contribution >= 0.6 is 0 Å². The van der Waals surface area contributed by atoms with E-state index in [9.17, 15) is 26.3 Å². The van der Waals surface area contributed by atoms with Crippen LogP contribution in [0, 0.1) is 0 Å². The Morgan fingerprint density at radius 3 is 1.92 bits per heavy atom. The van der Waals surface area contributed by atoms with Gasteiger partial charge in [0.2, 0.25) is 0 Å². The Bertz CT molecular complexity index is 1180. The standard InChI is InChI=1S/C29H27F6NO/c30-28(31,32)23-15-21(16-24(17-23)29(33,34)35)19-37-26-12-11-25-13-14-27(26,22-9-5-2-6-10-22)36(25)18-20-7-3-1-4-8-20/h1-10,15-17,25-26H,11-14,18-19H2. The van der Waals surface area contributed by atoms with Gasteiger partial charge in [-0.15, -0.1) is 0 Å². The third-order valence-electron chi connectivity index (χ3n) is 7.67. The highest BCUT2D eigenvalue weighted by Gasteiger charge is 2.55. The predicted molar refractivity (Wildman–Crippen MR) is 127 cm³/mol. The zero-order chi connectivity index (χ0) is 26.3. The number of nitrogens with zero attached hydrogens (tertiary/aromatic N) is 1. The minimum absolute atomic E-state index is 0.139. The van der Waals surface area contributed by atoms with E-state index in [2.05, 4.69) is 17.0 Å². The van der Waals surface area contributed by atoms with E-state index < -0.39 is 29.0 Å². The molecule has 2 fully saturated rings. The summed E-state index contributed by atoms with van der Waals surface area (Å²) in [6.45, 7) is 0.345. The van der Waals surface area contributed by atoms with Crippen molar-refractivity contribution >= 4 is 0 Å². The zero-order valence-electron chi connectivity index (χ0n) is 20.0. The van der Waals surface area contributed by atoms with E-state index in [1.165, 1.54) is 0 Å². The maximum atomic E-state index is 13.4. The van der Waals surface area contributed by atoms with Gasteiger partial charge in [-0.25, -0.2) is 0 Å². The molecule has 0 spiro atoms. The average Bonchev–Trinajstić information content (AvgIpc) is 3.11. The van der Waals surface area contributed by atoms with Gasteiger partial charge in [0, 0.05) is 12.6 Å². The van der Waals surface area contributed by atoms with E-state index in [-0.39, 0.29) is 24.3 Å². The Balaban J connectivity index is 1.48. The van der Waals surface area contributed by atoms with Crippen LogP contribution in [-0.2, 0) is 35.8 Å². The number of hydrogen-bond donors (Lipinski definition) is 0. The Morgan fingerprint density at radius 2 is 1.32 bits per heavy atom. The summed E-state index contributed by atoms with van der Waals surface area (Å²) in [6, 6.07) is 21.9. The maximum absolute atomic E-state index is 13.4. The van der Waals surface area contributed by atoms with Crippen molar-refractivity contribution in [2.75, 3.05) is 0 Å². The molecule has 2 bridgehead atoms. The van der Waals surface area contributed by atoms with Crippen LogP contribution in [0.5, 0.6) is 0 Å². The molecule has 0 radical (unpaired) electrons. The zero-order valence-corrected chi connectivity index (χ0v) is 20.0. The highest BCUT2D eigenvalue weighted by atomic mass is 19.4. The van der Waals surface area contributed by atoms with Crippen molar-refractivity contribution in [1.82, 2.24) is 4.90 Å². The van der Waals surface area contributed by atoms with Gasteiger partial charge >= 0.3 is 12.4 Å². The lowest BCUT2D eigenvalue weighted by Crippen LogP contribution is -2.56. The molecule has 2 aliphatic heterocycles. The fourth-order valence-corrected chi connectivity index (χ4v) is 6.03. The topological polar surface area (TPSA) is 12.5 Å². The van der Waals surface area contributed by atoms with E-state index in [1.807, 2.05) is 48.5 Å². The molecule has 3 atom stereocenters. The first kappa shape index (κ1) is 25.8. The summed E-state index contributed by atoms with van der Waals surface area (Å²) in [7, 11) is 0. The Labute approximate surface area is 211 Å². The van der Waals surface area contributed by atoms with Crippen LogP contribution in [0.4, 0.5) is 26.3 Å². The largest absolute Gasteiger partial charge is 0.416 e. The van der Waals surface area contributed by atoms with Crippen molar-refractivity contribution in [1.29, 1.82) is 0 Å². The van der Waals surface area contributed by atoms with Crippen LogP contribution in [0.2, 0.25) is 0 Å². The van der Waals surface area contributed by atoms with Crippen molar-refractivity contribution in [3.8, 4) is 0 Å². The second-order valence-electron chi connectivity index (χ2n) is 9.89. The number of ether oxygens (including phenoxy) is 1. The number of fused-ring (bicyclic) bond motifs is 2. The van der Waals surface area contributed by atoms with Crippen LogP contribution in [0.1, 0.15) is 53.5 Å². The molecule has 3 aromatic carbocycles. The number of benzene rings is 3. The quantitative estimate of drug-likeness (QED) is 0.306. The Kier molecular flexibility index (Phi) is 6.83. The number of alkyl halides is 6. The lowest BCUT2D eigenvalue weighted by atomic mass is 9.78. The van der Waals surface area contributed by atoms with Gasteiger partial charge in [0.05, 0.1) is 29.4 Å². The monoisotopic (exact) mass is 519 g/mol. The second-order valence-corrected chi connectivity index (χ2v) is 9.89. The number of halogens is 6. The fraction of sp³-hybridized carbons (Fsp3) is 0.379. The van der Waals surface area contributed by atoms with Crippen LogP contribution in [-0.4, -0.2) is 17.0 Å². The van der Waals surface area contributed by atoms with Gasteiger partial charge in [-0.3, -0.25) is 4.90 Å². The Morgan fingerprint density at radius 1 is 0.730 bits per heavy atom. The lowest BCUT2D eigenvalue weighted by Gasteiger charge is -2.50. The molecule has 0 saturated carbocycles. The van der Waals surface area contributed by atoms with Crippen molar-refractivity contribution in [2.45, 2.75) is 68.9 Å². The fourth-order valence-electron chi connectivity index (χ4n) is 6.03. The summed E-state index contributed by atoms with van der Waals surface area (Å²) in [6.07, 6.45) is -6.90. The van der Waals surface area contributed by atoms with Crippen LogP contribution in [0.25, 0.3) is 0 Å². The molecule has 3 unspecified atom stereocenters. The van der Waals surface area contributed by atoms with Crippen molar-refractivity contribution in [3.05, 3.63) is 107 Å². The van der Waals surface area contributed by atoms with Crippen molar-refractivity contribution in [3.63, 3.8) is 0 Å².